The highest BCUT2D eigenvalue weighted by molar-refractivity contribution is 7.89. The van der Waals surface area contributed by atoms with Crippen LogP contribution in [0.15, 0.2) is 46.0 Å². The van der Waals surface area contributed by atoms with Gasteiger partial charge in [0.1, 0.15) is 16.5 Å². The second-order valence-electron chi connectivity index (χ2n) is 7.88. The second kappa shape index (κ2) is 9.18. The Morgan fingerprint density at radius 2 is 1.87 bits per heavy atom. The van der Waals surface area contributed by atoms with E-state index in [4.69, 9.17) is 4.42 Å². The van der Waals surface area contributed by atoms with E-state index >= 15 is 0 Å². The van der Waals surface area contributed by atoms with Crippen LogP contribution in [0, 0.1) is 5.92 Å². The van der Waals surface area contributed by atoms with Crippen molar-refractivity contribution in [3.05, 3.63) is 42.5 Å². The monoisotopic (exact) mass is 432 g/mol. The zero-order chi connectivity index (χ0) is 21.0. The molecule has 1 N–H and O–H groups in total. The molecule has 4 heterocycles. The van der Waals surface area contributed by atoms with Crippen molar-refractivity contribution in [1.29, 1.82) is 0 Å². The Morgan fingerprint density at radius 1 is 1.10 bits per heavy atom. The topological polar surface area (TPSA) is 95.8 Å². The summed E-state index contributed by atoms with van der Waals surface area (Å²) in [5.41, 5.74) is 0. The number of sulfonamides is 1. The molecule has 0 aliphatic carbocycles. The third-order valence-electron chi connectivity index (χ3n) is 5.88. The highest BCUT2D eigenvalue weighted by Crippen LogP contribution is 2.25. The van der Waals surface area contributed by atoms with Crippen LogP contribution in [0.5, 0.6) is 0 Å². The fraction of sp³-hybridized carbons (Fsp3) is 0.524. The van der Waals surface area contributed by atoms with Crippen LogP contribution < -0.4 is 10.2 Å². The Hall–Kier alpha value is -2.39. The molecule has 0 spiro atoms. The number of rotatable bonds is 6. The van der Waals surface area contributed by atoms with Gasteiger partial charge >= 0.3 is 0 Å². The standard InChI is InChI=1S/C21H28N4O4S/c26-21(23-15-18-5-4-14-29-18)17-8-12-24(13-9-17)20-7-6-19(16-22-20)30(27,28)25-10-2-1-3-11-25/h4-7,14,16-17H,1-3,8-13,15H2,(H,23,26). The first kappa shape index (κ1) is 20.9. The minimum absolute atomic E-state index is 0.0324. The summed E-state index contributed by atoms with van der Waals surface area (Å²) in [6.45, 7) is 2.99. The van der Waals surface area contributed by atoms with Crippen LogP contribution in [0.2, 0.25) is 0 Å². The number of furan rings is 1. The molecule has 0 bridgehead atoms. The van der Waals surface area contributed by atoms with Gasteiger partial charge in [-0.3, -0.25) is 4.79 Å². The van der Waals surface area contributed by atoms with E-state index in [1.807, 2.05) is 6.07 Å². The predicted molar refractivity (Wildman–Crippen MR) is 112 cm³/mol. The zero-order valence-electron chi connectivity index (χ0n) is 17.0. The van der Waals surface area contributed by atoms with Crippen molar-refractivity contribution in [2.75, 3.05) is 31.1 Å². The van der Waals surface area contributed by atoms with E-state index in [-0.39, 0.29) is 16.7 Å². The normalized spacial score (nSPS) is 19.0. The van der Waals surface area contributed by atoms with Crippen LogP contribution in [0.1, 0.15) is 37.9 Å². The molecule has 2 aliphatic heterocycles. The van der Waals surface area contributed by atoms with Gasteiger partial charge in [0.15, 0.2) is 0 Å². The van der Waals surface area contributed by atoms with E-state index in [0.29, 0.717) is 32.7 Å². The third kappa shape index (κ3) is 4.67. The van der Waals surface area contributed by atoms with Gasteiger partial charge in [-0.15, -0.1) is 0 Å². The average molecular weight is 433 g/mol. The molecule has 4 rings (SSSR count). The molecule has 8 nitrogen and oxygen atoms in total. The van der Waals surface area contributed by atoms with Crippen molar-refractivity contribution in [2.24, 2.45) is 5.92 Å². The SMILES string of the molecule is O=C(NCc1ccco1)C1CCN(c2ccc(S(=O)(=O)N3CCCCC3)cn2)CC1. The summed E-state index contributed by atoms with van der Waals surface area (Å²) in [5, 5.41) is 2.93. The number of piperidine rings is 2. The number of hydrogen-bond donors (Lipinski definition) is 1. The summed E-state index contributed by atoms with van der Waals surface area (Å²) in [4.78, 5) is 19.1. The molecule has 0 saturated carbocycles. The van der Waals surface area contributed by atoms with Crippen molar-refractivity contribution in [3.63, 3.8) is 0 Å². The lowest BCUT2D eigenvalue weighted by Crippen LogP contribution is -2.40. The molecular weight excluding hydrogens is 404 g/mol. The summed E-state index contributed by atoms with van der Waals surface area (Å²) < 4.78 is 32.3. The minimum Gasteiger partial charge on any atom is -0.467 e. The van der Waals surface area contributed by atoms with Gasteiger partial charge in [-0.25, -0.2) is 13.4 Å². The Balaban J connectivity index is 1.31. The van der Waals surface area contributed by atoms with Crippen LogP contribution in [-0.2, 0) is 21.4 Å². The summed E-state index contributed by atoms with van der Waals surface area (Å²) in [6.07, 6.45) is 7.43. The number of amides is 1. The number of aromatic nitrogens is 1. The highest BCUT2D eigenvalue weighted by Gasteiger charge is 2.28. The Labute approximate surface area is 177 Å². The molecule has 162 valence electrons. The van der Waals surface area contributed by atoms with Gasteiger partial charge in [-0.2, -0.15) is 4.31 Å². The predicted octanol–water partition coefficient (Wildman–Crippen LogP) is 2.38. The van der Waals surface area contributed by atoms with Crippen molar-refractivity contribution < 1.29 is 17.6 Å². The summed E-state index contributed by atoms with van der Waals surface area (Å²) >= 11 is 0. The van der Waals surface area contributed by atoms with E-state index in [2.05, 4.69) is 15.2 Å². The number of nitrogens with one attached hydrogen (secondary N) is 1. The Morgan fingerprint density at radius 3 is 2.50 bits per heavy atom. The molecule has 1 amide bonds. The van der Waals surface area contributed by atoms with Crippen LogP contribution >= 0.6 is 0 Å². The van der Waals surface area contributed by atoms with Gasteiger partial charge in [0.25, 0.3) is 0 Å². The number of anilines is 1. The quantitative estimate of drug-likeness (QED) is 0.753. The van der Waals surface area contributed by atoms with E-state index in [0.717, 1.165) is 43.7 Å². The van der Waals surface area contributed by atoms with Gasteiger partial charge in [0, 0.05) is 38.3 Å². The molecule has 0 radical (unpaired) electrons. The van der Waals surface area contributed by atoms with Crippen molar-refractivity contribution in [3.8, 4) is 0 Å². The molecule has 2 aromatic heterocycles. The fourth-order valence-corrected chi connectivity index (χ4v) is 5.53. The first-order chi connectivity index (χ1) is 14.5. The van der Waals surface area contributed by atoms with Gasteiger partial charge < -0.3 is 14.6 Å². The van der Waals surface area contributed by atoms with Crippen LogP contribution in [0.4, 0.5) is 5.82 Å². The van der Waals surface area contributed by atoms with Gasteiger partial charge in [-0.05, 0) is 49.9 Å². The summed E-state index contributed by atoms with van der Waals surface area (Å²) in [5.74, 6) is 1.50. The molecular formula is C21H28N4O4S. The fourth-order valence-electron chi connectivity index (χ4n) is 4.07. The second-order valence-corrected chi connectivity index (χ2v) is 9.81. The summed E-state index contributed by atoms with van der Waals surface area (Å²) in [6, 6.07) is 7.06. The van der Waals surface area contributed by atoms with Crippen LogP contribution in [0.3, 0.4) is 0 Å². The largest absolute Gasteiger partial charge is 0.467 e. The molecule has 2 aromatic rings. The van der Waals surface area contributed by atoms with Crippen molar-refractivity contribution in [1.82, 2.24) is 14.6 Å². The minimum atomic E-state index is -3.46. The lowest BCUT2D eigenvalue weighted by Gasteiger charge is -2.32. The lowest BCUT2D eigenvalue weighted by molar-refractivity contribution is -0.125. The van der Waals surface area contributed by atoms with Gasteiger partial charge in [-0.1, -0.05) is 6.42 Å². The molecule has 2 fully saturated rings. The zero-order valence-corrected chi connectivity index (χ0v) is 17.8. The first-order valence-electron chi connectivity index (χ1n) is 10.6. The van der Waals surface area contributed by atoms with Gasteiger partial charge in [0.2, 0.25) is 15.9 Å². The maximum absolute atomic E-state index is 12.8. The number of carbonyl (C=O) groups is 1. The van der Waals surface area contributed by atoms with Crippen molar-refractivity contribution >= 4 is 21.7 Å². The van der Waals surface area contributed by atoms with Crippen molar-refractivity contribution in [2.45, 2.75) is 43.5 Å². The highest BCUT2D eigenvalue weighted by atomic mass is 32.2. The molecule has 9 heteroatoms. The summed E-state index contributed by atoms with van der Waals surface area (Å²) in [7, 11) is -3.46. The number of nitrogens with zero attached hydrogens (tertiary/aromatic N) is 3. The Kier molecular flexibility index (Phi) is 6.38. The van der Waals surface area contributed by atoms with Crippen LogP contribution in [-0.4, -0.2) is 49.8 Å². The maximum atomic E-state index is 12.8. The maximum Gasteiger partial charge on any atom is 0.244 e. The molecule has 2 aliphatic rings. The number of pyridine rings is 1. The lowest BCUT2D eigenvalue weighted by atomic mass is 9.96. The molecule has 2 saturated heterocycles. The van der Waals surface area contributed by atoms with Gasteiger partial charge in [0.05, 0.1) is 12.8 Å². The smallest absolute Gasteiger partial charge is 0.244 e. The average Bonchev–Trinajstić information content (AvgIpc) is 3.32. The first-order valence-corrected chi connectivity index (χ1v) is 12.0. The van der Waals surface area contributed by atoms with E-state index in [1.165, 1.54) is 6.20 Å². The van der Waals surface area contributed by atoms with E-state index < -0.39 is 10.0 Å². The Bertz CT molecular complexity index is 930. The number of carbonyl (C=O) groups excluding carboxylic acids is 1. The molecule has 30 heavy (non-hydrogen) atoms. The van der Waals surface area contributed by atoms with E-state index in [9.17, 15) is 13.2 Å². The van der Waals surface area contributed by atoms with E-state index in [1.54, 1.807) is 28.8 Å². The number of hydrogen-bond acceptors (Lipinski definition) is 6. The molecule has 0 aromatic carbocycles. The van der Waals surface area contributed by atoms with Crippen LogP contribution in [0.25, 0.3) is 0 Å². The molecule has 0 atom stereocenters. The molecule has 0 unspecified atom stereocenters. The third-order valence-corrected chi connectivity index (χ3v) is 7.76.